The largest absolute Gasteiger partial charge is 0.352 e. The highest BCUT2D eigenvalue weighted by atomic mass is 35.5. The zero-order valence-electron chi connectivity index (χ0n) is 17.3. The maximum atomic E-state index is 6.31. The van der Waals surface area contributed by atoms with Crippen LogP contribution in [-0.4, -0.2) is 27.8 Å². The highest BCUT2D eigenvalue weighted by Crippen LogP contribution is 2.47. The molecule has 0 atom stereocenters. The van der Waals surface area contributed by atoms with E-state index in [4.69, 9.17) is 28.3 Å². The third-order valence-electron chi connectivity index (χ3n) is 5.55. The fourth-order valence-corrected chi connectivity index (χ4v) is 16.0. The summed E-state index contributed by atoms with van der Waals surface area (Å²) in [5.41, 5.74) is 4.64. The number of benzene rings is 2. The van der Waals surface area contributed by atoms with Crippen molar-refractivity contribution >= 4 is 56.7 Å². The van der Waals surface area contributed by atoms with Gasteiger partial charge < -0.3 is 3.81 Å². The lowest BCUT2D eigenvalue weighted by Gasteiger charge is -2.54. The second kappa shape index (κ2) is 6.81. The van der Waals surface area contributed by atoms with E-state index in [1.54, 1.807) is 6.07 Å². The normalized spacial score (nSPS) is 16.7. The highest BCUT2D eigenvalue weighted by Gasteiger charge is 2.59. The lowest BCUT2D eigenvalue weighted by atomic mass is 10.2. The summed E-state index contributed by atoms with van der Waals surface area (Å²) < 4.78 is 3.17. The summed E-state index contributed by atoms with van der Waals surface area (Å²) in [6, 6.07) is 12.4. The Hall–Kier alpha value is -0.986. The second-order valence-electron chi connectivity index (χ2n) is 9.41. The number of quaternary nitrogens is 1. The van der Waals surface area contributed by atoms with Gasteiger partial charge in [-0.05, 0) is 74.7 Å². The van der Waals surface area contributed by atoms with E-state index in [0.717, 1.165) is 21.9 Å². The first-order chi connectivity index (χ1) is 12.3. The molecule has 0 bridgehead atoms. The van der Waals surface area contributed by atoms with Crippen molar-refractivity contribution in [1.29, 1.82) is 0 Å². The van der Waals surface area contributed by atoms with Gasteiger partial charge in [0.05, 0.1) is 0 Å². The van der Waals surface area contributed by atoms with E-state index < -0.39 is 16.5 Å². The molecule has 7 heteroatoms. The molecule has 0 radical (unpaired) electrons. The van der Waals surface area contributed by atoms with Crippen molar-refractivity contribution in [2.45, 2.75) is 46.2 Å². The van der Waals surface area contributed by atoms with E-state index in [9.17, 15) is 0 Å². The molecule has 0 aliphatic carbocycles. The monoisotopic (exact) mass is 437 g/mol. The first kappa shape index (κ1) is 20.7. The van der Waals surface area contributed by atoms with Crippen LogP contribution in [0.15, 0.2) is 41.5 Å². The number of nitrogens with zero attached hydrogens (tertiary/aromatic N) is 3. The van der Waals surface area contributed by atoms with Gasteiger partial charge in [0, 0.05) is 27.3 Å². The quantitative estimate of drug-likeness (QED) is 0.345. The van der Waals surface area contributed by atoms with Gasteiger partial charge in [0.15, 0.2) is 5.69 Å². The van der Waals surface area contributed by atoms with Crippen LogP contribution in [0.2, 0.25) is 49.3 Å². The van der Waals surface area contributed by atoms with Crippen LogP contribution < -0.4 is 3.81 Å². The molecule has 0 fully saturated rings. The van der Waals surface area contributed by atoms with Gasteiger partial charge in [0.25, 0.3) is 23.1 Å². The van der Waals surface area contributed by atoms with Gasteiger partial charge in [-0.25, -0.2) is 0 Å². The van der Waals surface area contributed by atoms with Crippen molar-refractivity contribution in [2.24, 2.45) is 5.11 Å². The topological polar surface area (TPSA) is 15.4 Å². The van der Waals surface area contributed by atoms with Crippen LogP contribution in [0.3, 0.4) is 0 Å². The van der Waals surface area contributed by atoms with Crippen LogP contribution in [-0.2, 0) is 0 Å². The average Bonchev–Trinajstić information content (AvgIpc) is 2.50. The molecule has 2 aromatic rings. The summed E-state index contributed by atoms with van der Waals surface area (Å²) in [6.45, 7) is 17.8. The van der Waals surface area contributed by atoms with Crippen molar-refractivity contribution < 1.29 is 4.70 Å². The number of aryl methyl sites for hydroxylation is 1. The van der Waals surface area contributed by atoms with E-state index in [-0.39, 0.29) is 0 Å². The molecule has 144 valence electrons. The van der Waals surface area contributed by atoms with Gasteiger partial charge >= 0.3 is 0 Å². The van der Waals surface area contributed by atoms with Crippen LogP contribution in [0.5, 0.6) is 0 Å². The molecule has 1 heterocycles. The van der Waals surface area contributed by atoms with Gasteiger partial charge in [-0.1, -0.05) is 29.3 Å². The van der Waals surface area contributed by atoms with Gasteiger partial charge in [-0.3, -0.25) is 0 Å². The zero-order chi connectivity index (χ0) is 20.2. The molecule has 0 spiro atoms. The Labute approximate surface area is 175 Å². The Bertz CT molecular complexity index is 894. The van der Waals surface area contributed by atoms with Crippen LogP contribution in [0, 0.1) is 6.92 Å². The summed E-state index contributed by atoms with van der Waals surface area (Å²) >= 11 is 12.6. The molecule has 2 aromatic carbocycles. The van der Waals surface area contributed by atoms with Gasteiger partial charge in [-0.15, -0.1) is 0 Å². The summed E-state index contributed by atoms with van der Waals surface area (Å²) in [5, 5.41) is 6.31. The van der Waals surface area contributed by atoms with E-state index in [2.05, 4.69) is 69.1 Å². The smallest absolute Gasteiger partial charge is 0.276 e. The van der Waals surface area contributed by atoms with E-state index in [1.807, 2.05) is 12.1 Å². The third-order valence-corrected chi connectivity index (χ3v) is 15.4. The number of halogens is 2. The molecule has 0 aromatic heterocycles. The lowest BCUT2D eigenvalue weighted by molar-refractivity contribution is -0.522. The van der Waals surface area contributed by atoms with E-state index in [0.29, 0.717) is 10.0 Å². The predicted molar refractivity (Wildman–Crippen MR) is 123 cm³/mol. The molecule has 0 saturated heterocycles. The Morgan fingerprint density at radius 1 is 0.889 bits per heavy atom. The predicted octanol–water partition coefficient (Wildman–Crippen LogP) is 7.68. The summed E-state index contributed by atoms with van der Waals surface area (Å²) in [6.07, 6.45) is 0. The minimum absolute atomic E-state index is 0.641. The molecule has 0 N–H and O–H groups in total. The molecular formula is C20H29Cl2N3Si2+2. The number of rotatable bonds is 3. The van der Waals surface area contributed by atoms with Crippen molar-refractivity contribution in [3.63, 3.8) is 0 Å². The standard InChI is InChI=1S/C20H29Cl2N3Si2/c1-15-8-9-20-19(10-15)23-24(18-12-16(21)11-17(22)13-18)14-25(20,26(2,3)4)27(5,6)7/h8-13H,14H2,1-7H3/q+2. The minimum atomic E-state index is -1.68. The Balaban J connectivity index is 2.34. The van der Waals surface area contributed by atoms with Gasteiger partial charge in [0.1, 0.15) is 5.69 Å². The maximum Gasteiger partial charge on any atom is 0.276 e. The Morgan fingerprint density at radius 2 is 1.44 bits per heavy atom. The number of hydrogen-bond acceptors (Lipinski definition) is 1. The molecular weight excluding hydrogens is 409 g/mol. The fourth-order valence-electron chi connectivity index (χ4n) is 4.46. The molecule has 0 unspecified atom stereocenters. The zero-order valence-corrected chi connectivity index (χ0v) is 20.8. The number of fused-ring (bicyclic) bond motifs is 1. The number of hydrogen-bond donors (Lipinski definition) is 0. The highest BCUT2D eigenvalue weighted by molar-refractivity contribution is 6.95. The molecule has 0 saturated carbocycles. The molecule has 3 nitrogen and oxygen atoms in total. The average molecular weight is 439 g/mol. The van der Waals surface area contributed by atoms with Crippen LogP contribution in [0.25, 0.3) is 0 Å². The molecule has 3 rings (SSSR count). The van der Waals surface area contributed by atoms with Crippen molar-refractivity contribution in [3.8, 4) is 0 Å². The Kier molecular flexibility index (Phi) is 5.23. The molecule has 0 amide bonds. The van der Waals surface area contributed by atoms with Gasteiger partial charge in [0.2, 0.25) is 5.69 Å². The molecule has 1 aliphatic rings. The molecule has 27 heavy (non-hydrogen) atoms. The lowest BCUT2D eigenvalue weighted by Crippen LogP contribution is -2.78. The Morgan fingerprint density at radius 3 is 1.96 bits per heavy atom. The van der Waals surface area contributed by atoms with Gasteiger partial charge in [-0.2, -0.15) is 0 Å². The van der Waals surface area contributed by atoms with Crippen LogP contribution >= 0.6 is 23.2 Å². The van der Waals surface area contributed by atoms with Crippen molar-refractivity contribution in [1.82, 2.24) is 3.81 Å². The van der Waals surface area contributed by atoms with Crippen molar-refractivity contribution in [2.75, 3.05) is 6.67 Å². The first-order valence-electron chi connectivity index (χ1n) is 9.30. The van der Waals surface area contributed by atoms with Crippen molar-refractivity contribution in [3.05, 3.63) is 52.0 Å². The summed E-state index contributed by atoms with van der Waals surface area (Å²) in [4.78, 5) is 0. The maximum absolute atomic E-state index is 6.31. The SMILES string of the molecule is Cc1ccc2c(c1)N=[N+](c1cc(Cl)cc(Cl)c1)C[N+]2([Si](C)(C)C)[Si](C)(C)C. The first-order valence-corrected chi connectivity index (χ1v) is 16.9. The second-order valence-corrected chi connectivity index (χ2v) is 20.9. The summed E-state index contributed by atoms with van der Waals surface area (Å²) in [7, 11) is -3.36. The fraction of sp³-hybridized carbons (Fsp3) is 0.400. The van der Waals surface area contributed by atoms with E-state index in [1.165, 1.54) is 11.3 Å². The van der Waals surface area contributed by atoms with E-state index >= 15 is 0 Å². The summed E-state index contributed by atoms with van der Waals surface area (Å²) in [5.74, 6) is 0. The minimum Gasteiger partial charge on any atom is -0.352 e. The third kappa shape index (κ3) is 3.56. The van der Waals surface area contributed by atoms with Crippen LogP contribution in [0.1, 0.15) is 5.56 Å². The molecule has 1 aliphatic heterocycles. The number of azo groups is 2. The van der Waals surface area contributed by atoms with Crippen LogP contribution in [0.4, 0.5) is 17.1 Å².